The van der Waals surface area contributed by atoms with Crippen molar-refractivity contribution in [3.8, 4) is 0 Å². The van der Waals surface area contributed by atoms with Gasteiger partial charge < -0.3 is 15.0 Å². The molecule has 0 bridgehead atoms. The molecule has 0 amide bonds. The summed E-state index contributed by atoms with van der Waals surface area (Å²) in [7, 11) is 0. The topological polar surface area (TPSA) is 77.4 Å². The molecular weight excluding hydrogens is 220 g/mol. The Morgan fingerprint density at radius 3 is 3.00 bits per heavy atom. The Hall–Kier alpha value is -0.980. The lowest BCUT2D eigenvalue weighted by Gasteiger charge is -2.37. The molecule has 6 nitrogen and oxygen atoms in total. The molecule has 6 heteroatoms. The van der Waals surface area contributed by atoms with Gasteiger partial charge in [0.25, 0.3) is 0 Å². The van der Waals surface area contributed by atoms with Gasteiger partial charge in [-0.3, -0.25) is 4.90 Å². The molecule has 1 aliphatic heterocycles. The van der Waals surface area contributed by atoms with Crippen molar-refractivity contribution < 1.29 is 9.26 Å². The van der Waals surface area contributed by atoms with E-state index in [-0.39, 0.29) is 6.10 Å². The van der Waals surface area contributed by atoms with E-state index >= 15 is 0 Å². The third-order valence-corrected chi connectivity index (χ3v) is 3.08. The van der Waals surface area contributed by atoms with Crippen LogP contribution in [0.15, 0.2) is 4.52 Å². The average Bonchev–Trinajstić information content (AvgIpc) is 2.77. The van der Waals surface area contributed by atoms with E-state index < -0.39 is 0 Å². The van der Waals surface area contributed by atoms with Crippen molar-refractivity contribution >= 4 is 0 Å². The van der Waals surface area contributed by atoms with Gasteiger partial charge in [-0.05, 0) is 13.3 Å². The van der Waals surface area contributed by atoms with Gasteiger partial charge in [0.1, 0.15) is 0 Å². The van der Waals surface area contributed by atoms with Gasteiger partial charge in [-0.25, -0.2) is 0 Å². The number of morpholine rings is 1. The molecule has 1 fully saturated rings. The van der Waals surface area contributed by atoms with Crippen LogP contribution in [0.5, 0.6) is 0 Å². The number of aromatic nitrogens is 2. The Bertz CT molecular complexity index is 355. The summed E-state index contributed by atoms with van der Waals surface area (Å²) in [6.45, 7) is 6.93. The van der Waals surface area contributed by atoms with Gasteiger partial charge in [-0.15, -0.1) is 0 Å². The molecule has 2 unspecified atom stereocenters. The second-order valence-electron chi connectivity index (χ2n) is 4.44. The maximum absolute atomic E-state index is 5.65. The third kappa shape index (κ3) is 3.02. The molecule has 2 heterocycles. The van der Waals surface area contributed by atoms with E-state index in [0.29, 0.717) is 30.8 Å². The van der Waals surface area contributed by atoms with Crippen LogP contribution in [0, 0.1) is 0 Å². The molecule has 96 valence electrons. The minimum absolute atomic E-state index is 0.263. The maximum Gasteiger partial charge on any atom is 0.240 e. The van der Waals surface area contributed by atoms with Crippen molar-refractivity contribution in [1.29, 1.82) is 0 Å². The molecule has 1 aliphatic rings. The van der Waals surface area contributed by atoms with Gasteiger partial charge >= 0.3 is 0 Å². The van der Waals surface area contributed by atoms with Crippen LogP contribution in [-0.4, -0.2) is 40.3 Å². The maximum atomic E-state index is 5.65. The van der Waals surface area contributed by atoms with Crippen LogP contribution in [0.3, 0.4) is 0 Å². The molecule has 0 aromatic carbocycles. The first-order valence-corrected chi connectivity index (χ1v) is 6.10. The quantitative estimate of drug-likeness (QED) is 0.827. The highest BCUT2D eigenvalue weighted by molar-refractivity contribution is 4.88. The Labute approximate surface area is 101 Å². The highest BCUT2D eigenvalue weighted by Crippen LogP contribution is 2.16. The van der Waals surface area contributed by atoms with E-state index in [9.17, 15) is 0 Å². The number of hydrogen-bond acceptors (Lipinski definition) is 6. The Balaban J connectivity index is 1.99. The van der Waals surface area contributed by atoms with E-state index in [0.717, 1.165) is 19.6 Å². The van der Waals surface area contributed by atoms with E-state index in [1.807, 2.05) is 0 Å². The lowest BCUT2D eigenvalue weighted by molar-refractivity contribution is -0.0601. The molecule has 1 saturated heterocycles. The fraction of sp³-hybridized carbons (Fsp3) is 0.818. The number of nitrogens with two attached hydrogens (primary N) is 1. The second-order valence-corrected chi connectivity index (χ2v) is 4.44. The van der Waals surface area contributed by atoms with Crippen molar-refractivity contribution in [1.82, 2.24) is 15.0 Å². The van der Waals surface area contributed by atoms with Gasteiger partial charge in [-0.1, -0.05) is 12.1 Å². The monoisotopic (exact) mass is 240 g/mol. The van der Waals surface area contributed by atoms with Crippen molar-refractivity contribution in [2.45, 2.75) is 45.5 Å². The zero-order valence-electron chi connectivity index (χ0n) is 10.4. The first kappa shape index (κ1) is 12.5. The summed E-state index contributed by atoms with van der Waals surface area (Å²) in [6.07, 6.45) is 1.33. The van der Waals surface area contributed by atoms with Crippen LogP contribution in [0.25, 0.3) is 0 Å². The minimum atomic E-state index is 0.263. The fourth-order valence-electron chi connectivity index (χ4n) is 2.10. The van der Waals surface area contributed by atoms with Crippen molar-refractivity contribution in [3.05, 3.63) is 11.7 Å². The number of nitrogens with zero attached hydrogens (tertiary/aromatic N) is 3. The largest absolute Gasteiger partial charge is 0.376 e. The fourth-order valence-corrected chi connectivity index (χ4v) is 2.10. The highest BCUT2D eigenvalue weighted by Gasteiger charge is 2.26. The summed E-state index contributed by atoms with van der Waals surface area (Å²) in [4.78, 5) is 6.58. The number of rotatable bonds is 4. The normalized spacial score (nSPS) is 26.3. The SMILES string of the molecule is CCC1COC(C)CN1Cc1noc(CN)n1. The molecule has 2 N–H and O–H groups in total. The lowest BCUT2D eigenvalue weighted by Crippen LogP contribution is -2.48. The van der Waals surface area contributed by atoms with Crippen molar-refractivity contribution in [2.75, 3.05) is 13.2 Å². The van der Waals surface area contributed by atoms with Crippen molar-refractivity contribution in [3.63, 3.8) is 0 Å². The molecule has 17 heavy (non-hydrogen) atoms. The lowest BCUT2D eigenvalue weighted by atomic mass is 10.1. The van der Waals surface area contributed by atoms with Gasteiger partial charge in [-0.2, -0.15) is 4.98 Å². The third-order valence-electron chi connectivity index (χ3n) is 3.08. The van der Waals surface area contributed by atoms with Crippen LogP contribution < -0.4 is 5.73 Å². The predicted molar refractivity (Wildman–Crippen MR) is 62.1 cm³/mol. The zero-order valence-corrected chi connectivity index (χ0v) is 10.4. The van der Waals surface area contributed by atoms with Crippen molar-refractivity contribution in [2.24, 2.45) is 5.73 Å². The van der Waals surface area contributed by atoms with Gasteiger partial charge in [0, 0.05) is 12.6 Å². The molecule has 1 aromatic heterocycles. The van der Waals surface area contributed by atoms with Crippen LogP contribution in [0.2, 0.25) is 0 Å². The second kappa shape index (κ2) is 5.57. The summed E-state index contributed by atoms with van der Waals surface area (Å²) in [5.41, 5.74) is 5.44. The summed E-state index contributed by atoms with van der Waals surface area (Å²) in [5.74, 6) is 1.20. The molecule has 0 saturated carbocycles. The van der Waals surface area contributed by atoms with Crippen LogP contribution in [-0.2, 0) is 17.8 Å². The molecule has 0 spiro atoms. The first-order valence-electron chi connectivity index (χ1n) is 6.10. The van der Waals surface area contributed by atoms with Crippen LogP contribution in [0.4, 0.5) is 0 Å². The van der Waals surface area contributed by atoms with E-state index in [1.54, 1.807) is 0 Å². The smallest absolute Gasteiger partial charge is 0.240 e. The average molecular weight is 240 g/mol. The molecule has 0 radical (unpaired) electrons. The first-order chi connectivity index (χ1) is 8.22. The Morgan fingerprint density at radius 1 is 1.53 bits per heavy atom. The highest BCUT2D eigenvalue weighted by atomic mass is 16.5. The minimum Gasteiger partial charge on any atom is -0.376 e. The van der Waals surface area contributed by atoms with E-state index in [2.05, 4.69) is 28.9 Å². The van der Waals surface area contributed by atoms with Gasteiger partial charge in [0.15, 0.2) is 5.82 Å². The summed E-state index contributed by atoms with van der Waals surface area (Å²) >= 11 is 0. The standard InChI is InChI=1S/C11H20N4O2/c1-3-9-7-16-8(2)5-15(9)6-10-13-11(4-12)17-14-10/h8-9H,3-7,12H2,1-2H3. The van der Waals surface area contributed by atoms with Crippen LogP contribution in [0.1, 0.15) is 32.0 Å². The Kier molecular flexibility index (Phi) is 4.09. The molecule has 0 aliphatic carbocycles. The van der Waals surface area contributed by atoms with Gasteiger partial charge in [0.2, 0.25) is 5.89 Å². The number of hydrogen-bond donors (Lipinski definition) is 1. The molecule has 2 atom stereocenters. The molecular formula is C11H20N4O2. The van der Waals surface area contributed by atoms with E-state index in [1.165, 1.54) is 0 Å². The number of ether oxygens (including phenoxy) is 1. The summed E-state index contributed by atoms with van der Waals surface area (Å²) in [5, 5.41) is 3.93. The summed E-state index contributed by atoms with van der Waals surface area (Å²) in [6, 6.07) is 0.436. The van der Waals surface area contributed by atoms with Gasteiger partial charge in [0.05, 0.1) is 25.8 Å². The zero-order chi connectivity index (χ0) is 12.3. The summed E-state index contributed by atoms with van der Waals surface area (Å²) < 4.78 is 10.7. The van der Waals surface area contributed by atoms with E-state index in [4.69, 9.17) is 15.0 Å². The van der Waals surface area contributed by atoms with Crippen LogP contribution >= 0.6 is 0 Å². The molecule has 1 aromatic rings. The predicted octanol–water partition coefficient (Wildman–Crippen LogP) is 0.528. The molecule has 2 rings (SSSR count). The Morgan fingerprint density at radius 2 is 2.35 bits per heavy atom.